The lowest BCUT2D eigenvalue weighted by atomic mass is 10.1. The van der Waals surface area contributed by atoms with E-state index in [1.54, 1.807) is 42.6 Å². The summed E-state index contributed by atoms with van der Waals surface area (Å²) < 4.78 is 54.2. The first-order valence-electron chi connectivity index (χ1n) is 7.04. The molecule has 3 nitrogen and oxygen atoms in total. The molecule has 1 heterocycles. The van der Waals surface area contributed by atoms with E-state index in [-0.39, 0.29) is 5.13 Å². The van der Waals surface area contributed by atoms with Crippen LogP contribution in [0.4, 0.5) is 28.4 Å². The molecule has 128 valence electrons. The van der Waals surface area contributed by atoms with Crippen LogP contribution in [0.5, 0.6) is 0 Å². The van der Waals surface area contributed by atoms with Gasteiger partial charge in [0.25, 0.3) is 5.91 Å². The van der Waals surface area contributed by atoms with Crippen molar-refractivity contribution in [1.29, 1.82) is 0 Å². The van der Waals surface area contributed by atoms with Crippen LogP contribution in [0, 0.1) is 30.2 Å². The Kier molecular flexibility index (Phi) is 4.54. The lowest BCUT2D eigenvalue weighted by Crippen LogP contribution is -2.27. The SMILES string of the molecule is Cc1csc(N(C(=O)c2cc(F)c(F)c(F)c2F)c2ccccc2)n1. The summed E-state index contributed by atoms with van der Waals surface area (Å²) in [5, 5.41) is 1.86. The van der Waals surface area contributed by atoms with Crippen molar-refractivity contribution in [3.8, 4) is 0 Å². The van der Waals surface area contributed by atoms with Crippen LogP contribution in [-0.4, -0.2) is 10.9 Å². The molecule has 0 aliphatic carbocycles. The molecule has 3 aromatic rings. The third kappa shape index (κ3) is 3.12. The van der Waals surface area contributed by atoms with Gasteiger partial charge in [0, 0.05) is 5.38 Å². The number of halogens is 4. The van der Waals surface area contributed by atoms with Crippen molar-refractivity contribution in [2.24, 2.45) is 0 Å². The van der Waals surface area contributed by atoms with Crippen LogP contribution in [0.1, 0.15) is 16.1 Å². The summed E-state index contributed by atoms with van der Waals surface area (Å²) in [5.41, 5.74) is 0.0187. The van der Waals surface area contributed by atoms with Gasteiger partial charge in [-0.2, -0.15) is 0 Å². The van der Waals surface area contributed by atoms with Gasteiger partial charge in [0.2, 0.25) is 0 Å². The smallest absolute Gasteiger partial charge is 0.267 e. The number of nitrogens with zero attached hydrogens (tertiary/aromatic N) is 2. The fraction of sp³-hybridized carbons (Fsp3) is 0.0588. The summed E-state index contributed by atoms with van der Waals surface area (Å²) >= 11 is 1.10. The molecule has 0 spiro atoms. The second-order valence-corrected chi connectivity index (χ2v) is 5.93. The highest BCUT2D eigenvalue weighted by Crippen LogP contribution is 2.31. The van der Waals surface area contributed by atoms with E-state index >= 15 is 0 Å². The van der Waals surface area contributed by atoms with Crippen LogP contribution in [0.3, 0.4) is 0 Å². The van der Waals surface area contributed by atoms with E-state index in [9.17, 15) is 22.4 Å². The van der Waals surface area contributed by atoms with Gasteiger partial charge in [0.1, 0.15) is 0 Å². The van der Waals surface area contributed by atoms with E-state index in [1.165, 1.54) is 0 Å². The first-order valence-corrected chi connectivity index (χ1v) is 7.92. The first kappa shape index (κ1) is 17.1. The van der Waals surface area contributed by atoms with Crippen molar-refractivity contribution < 1.29 is 22.4 Å². The predicted octanol–water partition coefficient (Wildman–Crippen LogP) is 4.99. The van der Waals surface area contributed by atoms with Crippen molar-refractivity contribution in [2.45, 2.75) is 6.92 Å². The quantitative estimate of drug-likeness (QED) is 0.372. The van der Waals surface area contributed by atoms with Crippen LogP contribution in [-0.2, 0) is 0 Å². The average molecular weight is 366 g/mol. The van der Waals surface area contributed by atoms with Gasteiger partial charge < -0.3 is 0 Å². The van der Waals surface area contributed by atoms with Gasteiger partial charge in [0.15, 0.2) is 28.4 Å². The second kappa shape index (κ2) is 6.64. The van der Waals surface area contributed by atoms with Gasteiger partial charge in [-0.25, -0.2) is 22.5 Å². The lowest BCUT2D eigenvalue weighted by Gasteiger charge is -2.20. The summed E-state index contributed by atoms with van der Waals surface area (Å²) in [5.74, 6) is -8.46. The number of thiazole rings is 1. The predicted molar refractivity (Wildman–Crippen MR) is 86.0 cm³/mol. The zero-order chi connectivity index (χ0) is 18.1. The second-order valence-electron chi connectivity index (χ2n) is 5.10. The van der Waals surface area contributed by atoms with E-state index in [0.717, 1.165) is 16.2 Å². The van der Waals surface area contributed by atoms with Gasteiger partial charge in [0.05, 0.1) is 16.9 Å². The highest BCUT2D eigenvalue weighted by molar-refractivity contribution is 7.14. The molecule has 0 atom stereocenters. The molecule has 0 unspecified atom stereocenters. The minimum atomic E-state index is -2.04. The molecular weight excluding hydrogens is 356 g/mol. The Morgan fingerprint density at radius 1 is 1.04 bits per heavy atom. The molecule has 1 aromatic heterocycles. The molecule has 8 heteroatoms. The highest BCUT2D eigenvalue weighted by atomic mass is 32.1. The van der Waals surface area contributed by atoms with Crippen molar-refractivity contribution in [1.82, 2.24) is 4.98 Å². The zero-order valence-corrected chi connectivity index (χ0v) is 13.6. The summed E-state index contributed by atoms with van der Waals surface area (Å²) in [6, 6.07) is 8.44. The van der Waals surface area contributed by atoms with Crippen molar-refractivity contribution >= 4 is 28.1 Å². The number of para-hydroxylation sites is 1. The number of amides is 1. The molecule has 0 bridgehead atoms. The molecule has 0 aliphatic heterocycles. The third-order valence-electron chi connectivity index (χ3n) is 3.35. The van der Waals surface area contributed by atoms with E-state index in [0.29, 0.717) is 17.4 Å². The summed E-state index contributed by atoms with van der Waals surface area (Å²) in [6.45, 7) is 1.70. The van der Waals surface area contributed by atoms with Gasteiger partial charge in [-0.1, -0.05) is 18.2 Å². The van der Waals surface area contributed by atoms with Crippen LogP contribution in [0.25, 0.3) is 0 Å². The first-order chi connectivity index (χ1) is 11.9. The average Bonchev–Trinajstić information content (AvgIpc) is 3.03. The molecule has 0 N–H and O–H groups in total. The number of aromatic nitrogens is 1. The number of hydrogen-bond donors (Lipinski definition) is 0. The van der Waals surface area contributed by atoms with Crippen molar-refractivity contribution in [3.63, 3.8) is 0 Å². The Balaban J connectivity index is 2.16. The monoisotopic (exact) mass is 366 g/mol. The molecule has 0 radical (unpaired) electrons. The van der Waals surface area contributed by atoms with Gasteiger partial charge in [-0.15, -0.1) is 11.3 Å². The number of carbonyl (C=O) groups excluding carboxylic acids is 1. The number of rotatable bonds is 3. The number of anilines is 2. The maximum absolute atomic E-state index is 14.0. The molecule has 0 saturated heterocycles. The van der Waals surface area contributed by atoms with E-state index in [1.807, 2.05) is 0 Å². The Morgan fingerprint density at radius 3 is 2.32 bits per heavy atom. The maximum Gasteiger partial charge on any atom is 0.267 e. The molecule has 0 aliphatic rings. The third-order valence-corrected chi connectivity index (χ3v) is 4.29. The molecule has 2 aromatic carbocycles. The number of carbonyl (C=O) groups is 1. The Morgan fingerprint density at radius 2 is 1.72 bits per heavy atom. The number of aryl methyl sites for hydroxylation is 1. The molecule has 25 heavy (non-hydrogen) atoms. The largest absolute Gasteiger partial charge is 0.268 e. The lowest BCUT2D eigenvalue weighted by molar-refractivity contribution is 0.0993. The Bertz CT molecular complexity index is 943. The highest BCUT2D eigenvalue weighted by Gasteiger charge is 2.29. The summed E-state index contributed by atoms with van der Waals surface area (Å²) in [7, 11) is 0. The molecule has 1 amide bonds. The summed E-state index contributed by atoms with van der Waals surface area (Å²) in [6.07, 6.45) is 0. The van der Waals surface area contributed by atoms with Gasteiger partial charge in [-0.05, 0) is 25.1 Å². The number of hydrogen-bond acceptors (Lipinski definition) is 3. The molecular formula is C17H10F4N2OS. The van der Waals surface area contributed by atoms with Gasteiger partial charge >= 0.3 is 0 Å². The van der Waals surface area contributed by atoms with E-state index in [2.05, 4.69) is 4.98 Å². The fourth-order valence-electron chi connectivity index (χ4n) is 2.18. The standard InChI is InChI=1S/C17H10F4N2OS/c1-9-8-25-17(22-9)23(10-5-3-2-4-6-10)16(24)11-7-12(18)14(20)15(21)13(11)19/h2-8H,1H3. The van der Waals surface area contributed by atoms with E-state index in [4.69, 9.17) is 0 Å². The minimum absolute atomic E-state index is 0.193. The normalized spacial score (nSPS) is 10.8. The topological polar surface area (TPSA) is 33.2 Å². The minimum Gasteiger partial charge on any atom is -0.268 e. The number of benzene rings is 2. The van der Waals surface area contributed by atoms with Crippen LogP contribution in [0.2, 0.25) is 0 Å². The Hall–Kier alpha value is -2.74. The maximum atomic E-state index is 14.0. The summed E-state index contributed by atoms with van der Waals surface area (Å²) in [4.78, 5) is 18.0. The van der Waals surface area contributed by atoms with Crippen LogP contribution < -0.4 is 4.90 Å². The van der Waals surface area contributed by atoms with Crippen LogP contribution >= 0.6 is 11.3 Å². The molecule has 3 rings (SSSR count). The van der Waals surface area contributed by atoms with Crippen LogP contribution in [0.15, 0.2) is 41.8 Å². The Labute approximate surface area is 144 Å². The zero-order valence-electron chi connectivity index (χ0n) is 12.8. The van der Waals surface area contributed by atoms with Crippen molar-refractivity contribution in [3.05, 3.63) is 76.3 Å². The fourth-order valence-corrected chi connectivity index (χ4v) is 3.00. The van der Waals surface area contributed by atoms with E-state index < -0.39 is 34.7 Å². The van der Waals surface area contributed by atoms with Gasteiger partial charge in [-0.3, -0.25) is 9.69 Å². The van der Waals surface area contributed by atoms with Crippen molar-refractivity contribution in [2.75, 3.05) is 4.90 Å². The molecule has 0 saturated carbocycles. The molecule has 0 fully saturated rings.